The average Bonchev–Trinajstić information content (AvgIpc) is 3.22. The van der Waals surface area contributed by atoms with Crippen molar-refractivity contribution in [3.63, 3.8) is 0 Å². The van der Waals surface area contributed by atoms with Crippen LogP contribution >= 0.6 is 0 Å². The van der Waals surface area contributed by atoms with Gasteiger partial charge in [0.25, 0.3) is 0 Å². The molecule has 0 aliphatic carbocycles. The molecule has 0 saturated carbocycles. The van der Waals surface area contributed by atoms with E-state index in [1.165, 1.54) is 0 Å². The quantitative estimate of drug-likeness (QED) is 0.667. The number of amidine groups is 1. The molecular formula is C23H28N2O3. The average molecular weight is 380 g/mol. The third-order valence-electron chi connectivity index (χ3n) is 4.51. The molecule has 2 aromatic carbocycles. The fraction of sp³-hybridized carbons (Fsp3) is 0.391. The first-order valence-corrected chi connectivity index (χ1v) is 9.85. The Labute approximate surface area is 166 Å². The van der Waals surface area contributed by atoms with Gasteiger partial charge in [0.05, 0.1) is 12.6 Å². The van der Waals surface area contributed by atoms with Crippen LogP contribution in [0.3, 0.4) is 0 Å². The second kappa shape index (κ2) is 9.40. The first-order chi connectivity index (χ1) is 13.5. The van der Waals surface area contributed by atoms with E-state index in [1.54, 1.807) is 0 Å². The first-order valence-electron chi connectivity index (χ1n) is 9.85. The van der Waals surface area contributed by atoms with Gasteiger partial charge in [0.1, 0.15) is 17.3 Å². The van der Waals surface area contributed by atoms with Crippen LogP contribution in [-0.2, 0) is 6.42 Å². The predicted octanol–water partition coefficient (Wildman–Crippen LogP) is 4.06. The summed E-state index contributed by atoms with van der Waals surface area (Å²) in [5.41, 5.74) is 1.83. The van der Waals surface area contributed by atoms with Crippen molar-refractivity contribution >= 4 is 11.6 Å². The Bertz CT molecular complexity index is 811. The zero-order valence-corrected chi connectivity index (χ0v) is 16.8. The first kappa shape index (κ1) is 19.9. The van der Waals surface area contributed by atoms with E-state index in [0.717, 1.165) is 41.6 Å². The number of aliphatic imine (C=N–C) groups is 1. The van der Waals surface area contributed by atoms with Crippen molar-refractivity contribution in [2.75, 3.05) is 13.1 Å². The summed E-state index contributed by atoms with van der Waals surface area (Å²) in [5.74, 6) is 2.63. The minimum Gasteiger partial charge on any atom is -0.491 e. The van der Waals surface area contributed by atoms with Crippen LogP contribution in [0.5, 0.6) is 11.5 Å². The maximum absolute atomic E-state index is 12.4. The molecular weight excluding hydrogens is 352 g/mol. The fourth-order valence-corrected chi connectivity index (χ4v) is 3.08. The summed E-state index contributed by atoms with van der Waals surface area (Å²) in [6.07, 6.45) is 1.21. The Kier molecular flexibility index (Phi) is 6.69. The maximum atomic E-state index is 12.4. The topological polar surface area (TPSA) is 59.9 Å². The monoisotopic (exact) mass is 380 g/mol. The van der Waals surface area contributed by atoms with Crippen LogP contribution in [0, 0.1) is 0 Å². The lowest BCUT2D eigenvalue weighted by molar-refractivity contribution is 0.0983. The minimum absolute atomic E-state index is 0.0856. The molecule has 1 aliphatic rings. The molecule has 1 N–H and O–H groups in total. The summed E-state index contributed by atoms with van der Waals surface area (Å²) in [6, 6.07) is 15.3. The molecule has 1 unspecified atom stereocenters. The highest BCUT2D eigenvalue weighted by molar-refractivity contribution is 5.96. The van der Waals surface area contributed by atoms with Crippen LogP contribution in [0.4, 0.5) is 0 Å². The van der Waals surface area contributed by atoms with E-state index < -0.39 is 0 Å². The van der Waals surface area contributed by atoms with E-state index in [2.05, 4.69) is 10.3 Å². The van der Waals surface area contributed by atoms with Crippen molar-refractivity contribution in [1.82, 2.24) is 5.32 Å². The molecule has 0 radical (unpaired) electrons. The van der Waals surface area contributed by atoms with Gasteiger partial charge >= 0.3 is 0 Å². The summed E-state index contributed by atoms with van der Waals surface area (Å²) in [7, 11) is 0. The number of nitrogens with one attached hydrogen (secondary N) is 1. The number of benzene rings is 2. The summed E-state index contributed by atoms with van der Waals surface area (Å²) >= 11 is 0. The number of carbonyl (C=O) groups excluding carboxylic acids is 1. The van der Waals surface area contributed by atoms with Crippen LogP contribution in [0.25, 0.3) is 0 Å². The highest BCUT2D eigenvalue weighted by Crippen LogP contribution is 2.18. The zero-order chi connectivity index (χ0) is 19.9. The van der Waals surface area contributed by atoms with E-state index in [4.69, 9.17) is 9.47 Å². The van der Waals surface area contributed by atoms with Crippen molar-refractivity contribution in [2.24, 2.45) is 4.99 Å². The van der Waals surface area contributed by atoms with Gasteiger partial charge in [-0.05, 0) is 69.2 Å². The Morgan fingerprint density at radius 1 is 1.00 bits per heavy atom. The third kappa shape index (κ3) is 5.59. The standard InChI is InChI=1S/C23H28N2O3/c1-16(2)27-20-11-7-19(8-12-20)22(26)13-6-18-4-9-21(10-5-18)28-17(3)23-24-14-15-25-23/h4-5,7-12,16-17H,6,13-15H2,1-3H3,(H,24,25). The second-order valence-corrected chi connectivity index (χ2v) is 7.21. The number of hydrogen-bond acceptors (Lipinski definition) is 5. The molecule has 1 aliphatic heterocycles. The maximum Gasteiger partial charge on any atom is 0.163 e. The highest BCUT2D eigenvalue weighted by atomic mass is 16.5. The molecule has 0 spiro atoms. The SMILES string of the molecule is CC(C)Oc1ccc(C(=O)CCc2ccc(OC(C)C3=NCCN3)cc2)cc1. The lowest BCUT2D eigenvalue weighted by atomic mass is 10.0. The van der Waals surface area contributed by atoms with Crippen molar-refractivity contribution in [2.45, 2.75) is 45.8 Å². The van der Waals surface area contributed by atoms with Crippen LogP contribution in [0.2, 0.25) is 0 Å². The highest BCUT2D eigenvalue weighted by Gasteiger charge is 2.15. The van der Waals surface area contributed by atoms with Gasteiger partial charge in [-0.25, -0.2) is 0 Å². The molecule has 28 heavy (non-hydrogen) atoms. The molecule has 148 valence electrons. The van der Waals surface area contributed by atoms with Crippen molar-refractivity contribution in [3.8, 4) is 11.5 Å². The second-order valence-electron chi connectivity index (χ2n) is 7.21. The lowest BCUT2D eigenvalue weighted by Gasteiger charge is -2.15. The van der Waals surface area contributed by atoms with Gasteiger partial charge in [0.2, 0.25) is 0 Å². The van der Waals surface area contributed by atoms with Gasteiger partial charge in [-0.15, -0.1) is 0 Å². The van der Waals surface area contributed by atoms with Gasteiger partial charge in [-0.1, -0.05) is 12.1 Å². The van der Waals surface area contributed by atoms with E-state index in [1.807, 2.05) is 69.3 Å². The molecule has 0 aromatic heterocycles. The number of Topliss-reactive ketones (excluding diaryl/α,β-unsaturated/α-hetero) is 1. The number of ether oxygens (including phenoxy) is 2. The largest absolute Gasteiger partial charge is 0.491 e. The minimum atomic E-state index is -0.0856. The van der Waals surface area contributed by atoms with Gasteiger partial charge < -0.3 is 14.8 Å². The summed E-state index contributed by atoms with van der Waals surface area (Å²) in [5, 5.41) is 3.23. The number of hydrogen-bond donors (Lipinski definition) is 1. The molecule has 0 saturated heterocycles. The summed E-state index contributed by atoms with van der Waals surface area (Å²) in [4.78, 5) is 16.8. The molecule has 0 amide bonds. The van der Waals surface area contributed by atoms with Crippen molar-refractivity contribution < 1.29 is 14.3 Å². The molecule has 2 aromatic rings. The number of nitrogens with zero attached hydrogens (tertiary/aromatic N) is 1. The van der Waals surface area contributed by atoms with Crippen LogP contribution in [0.15, 0.2) is 53.5 Å². The Balaban J connectivity index is 1.49. The van der Waals surface area contributed by atoms with Crippen molar-refractivity contribution in [1.29, 1.82) is 0 Å². The molecule has 1 atom stereocenters. The van der Waals surface area contributed by atoms with E-state index in [-0.39, 0.29) is 18.0 Å². The van der Waals surface area contributed by atoms with E-state index in [9.17, 15) is 4.79 Å². The smallest absolute Gasteiger partial charge is 0.163 e. The lowest BCUT2D eigenvalue weighted by Crippen LogP contribution is -2.33. The Morgan fingerprint density at radius 3 is 2.25 bits per heavy atom. The molecule has 0 fully saturated rings. The van der Waals surface area contributed by atoms with E-state index >= 15 is 0 Å². The van der Waals surface area contributed by atoms with E-state index in [0.29, 0.717) is 12.8 Å². The predicted molar refractivity (Wildman–Crippen MR) is 112 cm³/mol. The molecule has 3 rings (SSSR count). The Morgan fingerprint density at radius 2 is 1.64 bits per heavy atom. The van der Waals surface area contributed by atoms with Crippen LogP contribution in [-0.4, -0.2) is 36.9 Å². The number of rotatable bonds is 9. The van der Waals surface area contributed by atoms with Crippen LogP contribution in [0.1, 0.15) is 43.1 Å². The van der Waals surface area contributed by atoms with Gasteiger partial charge in [0.15, 0.2) is 11.9 Å². The fourth-order valence-electron chi connectivity index (χ4n) is 3.08. The summed E-state index contributed by atoms with van der Waals surface area (Å²) < 4.78 is 11.5. The third-order valence-corrected chi connectivity index (χ3v) is 4.51. The molecule has 0 bridgehead atoms. The number of aryl methyl sites for hydroxylation is 1. The van der Waals surface area contributed by atoms with Gasteiger partial charge in [-0.2, -0.15) is 0 Å². The molecule has 5 nitrogen and oxygen atoms in total. The number of ketones is 1. The Hall–Kier alpha value is -2.82. The van der Waals surface area contributed by atoms with Gasteiger partial charge in [0, 0.05) is 18.5 Å². The molecule has 1 heterocycles. The van der Waals surface area contributed by atoms with Crippen LogP contribution < -0.4 is 14.8 Å². The normalized spacial score (nSPS) is 14.4. The van der Waals surface area contributed by atoms with Gasteiger partial charge in [-0.3, -0.25) is 9.79 Å². The number of carbonyl (C=O) groups is 1. The van der Waals surface area contributed by atoms with Crippen molar-refractivity contribution in [3.05, 3.63) is 59.7 Å². The molecule has 5 heteroatoms. The zero-order valence-electron chi connectivity index (χ0n) is 16.8. The summed E-state index contributed by atoms with van der Waals surface area (Å²) in [6.45, 7) is 7.64.